The maximum atomic E-state index is 5.55. The molecule has 4 nitrogen and oxygen atoms in total. The zero-order valence-corrected chi connectivity index (χ0v) is 8.20. The number of hydrogen-bond donors (Lipinski definition) is 0. The van der Waals surface area contributed by atoms with E-state index in [-0.39, 0.29) is 0 Å². The van der Waals surface area contributed by atoms with E-state index in [1.165, 1.54) is 0 Å². The first kappa shape index (κ1) is 9.27. The lowest BCUT2D eigenvalue weighted by Crippen LogP contribution is -1.85. The summed E-state index contributed by atoms with van der Waals surface area (Å²) < 4.78 is 10.5. The van der Waals surface area contributed by atoms with E-state index >= 15 is 0 Å². The molecule has 2 rings (SSSR count). The fourth-order valence-corrected chi connectivity index (χ4v) is 1.21. The van der Waals surface area contributed by atoms with E-state index in [0.29, 0.717) is 29.8 Å². The fourth-order valence-electron chi connectivity index (χ4n) is 1.07. The molecule has 2 aromatic rings. The van der Waals surface area contributed by atoms with Gasteiger partial charge in [0.1, 0.15) is 0 Å². The minimum Gasteiger partial charge on any atom is -0.459 e. The summed E-state index contributed by atoms with van der Waals surface area (Å²) in [6.45, 7) is 0. The second-order valence-electron chi connectivity index (χ2n) is 2.77. The minimum atomic E-state index is 0.416. The van der Waals surface area contributed by atoms with Crippen molar-refractivity contribution in [1.82, 2.24) is 10.2 Å². The molecule has 0 fully saturated rings. The summed E-state index contributed by atoms with van der Waals surface area (Å²) in [4.78, 5) is 0. The summed E-state index contributed by atoms with van der Waals surface area (Å²) in [5.41, 5.74) is 0. The summed E-state index contributed by atoms with van der Waals surface area (Å²) in [7, 11) is 0. The number of aromatic nitrogens is 2. The molecule has 0 bridgehead atoms. The predicted molar refractivity (Wildman–Crippen MR) is 51.0 cm³/mol. The van der Waals surface area contributed by atoms with E-state index in [0.717, 1.165) is 6.42 Å². The molecule has 0 aliphatic heterocycles. The predicted octanol–water partition coefficient (Wildman–Crippen LogP) is 2.50. The van der Waals surface area contributed by atoms with Crippen molar-refractivity contribution in [3.8, 4) is 11.7 Å². The Kier molecular flexibility index (Phi) is 2.84. The topological polar surface area (TPSA) is 52.1 Å². The third-order valence-electron chi connectivity index (χ3n) is 1.72. The monoisotopic (exact) mass is 212 g/mol. The molecule has 0 saturated carbocycles. The molecule has 0 N–H and O–H groups in total. The van der Waals surface area contributed by atoms with Gasteiger partial charge >= 0.3 is 0 Å². The molecule has 2 aromatic heterocycles. The van der Waals surface area contributed by atoms with Crippen molar-refractivity contribution in [1.29, 1.82) is 0 Å². The lowest BCUT2D eigenvalue weighted by Gasteiger charge is -1.88. The highest BCUT2D eigenvalue weighted by Gasteiger charge is 2.09. The van der Waals surface area contributed by atoms with Gasteiger partial charge in [0.2, 0.25) is 5.89 Å². The van der Waals surface area contributed by atoms with Gasteiger partial charge < -0.3 is 8.83 Å². The summed E-state index contributed by atoms with van der Waals surface area (Å²) in [6.07, 6.45) is 3.11. The third-order valence-corrected chi connectivity index (χ3v) is 1.99. The van der Waals surface area contributed by atoms with Gasteiger partial charge in [0.05, 0.1) is 6.26 Å². The minimum absolute atomic E-state index is 0.416. The molecule has 0 spiro atoms. The summed E-state index contributed by atoms with van der Waals surface area (Å²) >= 11 is 5.55. The van der Waals surface area contributed by atoms with E-state index < -0.39 is 0 Å². The molecule has 0 atom stereocenters. The highest BCUT2D eigenvalue weighted by Crippen LogP contribution is 2.18. The van der Waals surface area contributed by atoms with Crippen LogP contribution < -0.4 is 0 Å². The Labute approximate surface area is 85.9 Å². The lowest BCUT2D eigenvalue weighted by molar-refractivity contribution is 0.478. The van der Waals surface area contributed by atoms with Gasteiger partial charge in [0.15, 0.2) is 5.76 Å². The van der Waals surface area contributed by atoms with Crippen molar-refractivity contribution < 1.29 is 8.83 Å². The van der Waals surface area contributed by atoms with Crippen LogP contribution in [0.5, 0.6) is 0 Å². The van der Waals surface area contributed by atoms with Crippen LogP contribution in [0, 0.1) is 0 Å². The van der Waals surface area contributed by atoms with Crippen LogP contribution in [0.25, 0.3) is 11.7 Å². The van der Waals surface area contributed by atoms with Crippen molar-refractivity contribution in [3.63, 3.8) is 0 Å². The largest absolute Gasteiger partial charge is 0.459 e. The molecule has 74 valence electrons. The Morgan fingerprint density at radius 1 is 1.36 bits per heavy atom. The van der Waals surface area contributed by atoms with Crippen LogP contribution in [-0.4, -0.2) is 16.1 Å². The van der Waals surface area contributed by atoms with Crippen LogP contribution in [-0.2, 0) is 6.42 Å². The molecule has 14 heavy (non-hydrogen) atoms. The van der Waals surface area contributed by atoms with Gasteiger partial charge in [-0.15, -0.1) is 21.8 Å². The van der Waals surface area contributed by atoms with Gasteiger partial charge in [-0.2, -0.15) is 0 Å². The smallest absolute Gasteiger partial charge is 0.283 e. The molecule has 0 aliphatic rings. The second kappa shape index (κ2) is 4.28. The molecule has 5 heteroatoms. The number of nitrogens with zero attached hydrogens (tertiary/aromatic N) is 2. The molecule has 0 saturated heterocycles. The summed E-state index contributed by atoms with van der Waals surface area (Å²) in [6, 6.07) is 3.55. The van der Waals surface area contributed by atoms with E-state index in [2.05, 4.69) is 10.2 Å². The van der Waals surface area contributed by atoms with Crippen LogP contribution in [0.3, 0.4) is 0 Å². The molecule has 0 aromatic carbocycles. The van der Waals surface area contributed by atoms with Crippen molar-refractivity contribution >= 4 is 11.6 Å². The van der Waals surface area contributed by atoms with E-state index in [1.54, 1.807) is 18.4 Å². The average Bonchev–Trinajstić information content (AvgIpc) is 2.85. The highest BCUT2D eigenvalue weighted by atomic mass is 35.5. The number of aryl methyl sites for hydroxylation is 1. The van der Waals surface area contributed by atoms with Crippen LogP contribution in [0.15, 0.2) is 27.2 Å². The normalized spacial score (nSPS) is 10.6. The Morgan fingerprint density at radius 2 is 2.29 bits per heavy atom. The standard InChI is InChI=1S/C9H9ClN2O2/c10-5-1-4-8-11-12-9(14-8)7-3-2-6-13-7/h2-3,6H,1,4-5H2. The number of halogens is 1. The number of alkyl halides is 1. The Hall–Kier alpha value is -1.29. The molecular formula is C9H9ClN2O2. The highest BCUT2D eigenvalue weighted by molar-refractivity contribution is 6.17. The first-order chi connectivity index (χ1) is 6.90. The zero-order chi connectivity index (χ0) is 9.80. The first-order valence-electron chi connectivity index (χ1n) is 4.32. The van der Waals surface area contributed by atoms with Crippen LogP contribution in [0.4, 0.5) is 0 Å². The van der Waals surface area contributed by atoms with Crippen molar-refractivity contribution in [2.75, 3.05) is 5.88 Å². The molecule has 2 heterocycles. The fraction of sp³-hybridized carbons (Fsp3) is 0.333. The van der Waals surface area contributed by atoms with Gasteiger partial charge in [-0.05, 0) is 18.6 Å². The maximum Gasteiger partial charge on any atom is 0.283 e. The Morgan fingerprint density at radius 3 is 3.00 bits per heavy atom. The number of hydrogen-bond acceptors (Lipinski definition) is 4. The zero-order valence-electron chi connectivity index (χ0n) is 7.44. The maximum absolute atomic E-state index is 5.55. The Bertz CT molecular complexity index is 383. The quantitative estimate of drug-likeness (QED) is 0.731. The van der Waals surface area contributed by atoms with Gasteiger partial charge in [-0.1, -0.05) is 0 Å². The van der Waals surface area contributed by atoms with Gasteiger partial charge in [0, 0.05) is 12.3 Å². The van der Waals surface area contributed by atoms with Crippen molar-refractivity contribution in [2.24, 2.45) is 0 Å². The van der Waals surface area contributed by atoms with Gasteiger partial charge in [-0.3, -0.25) is 0 Å². The lowest BCUT2D eigenvalue weighted by atomic mass is 10.3. The molecule has 0 aliphatic carbocycles. The van der Waals surface area contributed by atoms with Crippen molar-refractivity contribution in [3.05, 3.63) is 24.3 Å². The molecule has 0 radical (unpaired) electrons. The van der Waals surface area contributed by atoms with E-state index in [9.17, 15) is 0 Å². The second-order valence-corrected chi connectivity index (χ2v) is 3.15. The van der Waals surface area contributed by atoms with Crippen LogP contribution in [0.2, 0.25) is 0 Å². The molecule has 0 unspecified atom stereocenters. The van der Waals surface area contributed by atoms with E-state index in [4.69, 9.17) is 20.4 Å². The van der Waals surface area contributed by atoms with Gasteiger partial charge in [0.25, 0.3) is 5.89 Å². The van der Waals surface area contributed by atoms with Crippen LogP contribution in [0.1, 0.15) is 12.3 Å². The van der Waals surface area contributed by atoms with Crippen molar-refractivity contribution in [2.45, 2.75) is 12.8 Å². The Balaban J connectivity index is 2.10. The molecular weight excluding hydrogens is 204 g/mol. The van der Waals surface area contributed by atoms with Crippen LogP contribution >= 0.6 is 11.6 Å². The average molecular weight is 213 g/mol. The van der Waals surface area contributed by atoms with Gasteiger partial charge in [-0.25, -0.2) is 0 Å². The molecule has 0 amide bonds. The van der Waals surface area contributed by atoms with E-state index in [1.807, 2.05) is 0 Å². The SMILES string of the molecule is ClCCCc1nnc(-c2ccco2)o1. The third kappa shape index (κ3) is 1.96. The number of furan rings is 1. The summed E-state index contributed by atoms with van der Waals surface area (Å²) in [5.74, 6) is 2.20. The summed E-state index contributed by atoms with van der Waals surface area (Å²) in [5, 5.41) is 7.73. The number of rotatable bonds is 4. The first-order valence-corrected chi connectivity index (χ1v) is 4.86.